The molecule has 5 heterocycles. The van der Waals surface area contributed by atoms with Crippen molar-refractivity contribution in [1.29, 1.82) is 0 Å². The number of halogens is 3. The predicted molar refractivity (Wildman–Crippen MR) is 95.5 cm³/mol. The van der Waals surface area contributed by atoms with E-state index >= 15 is 0 Å². The highest BCUT2D eigenvalue weighted by Gasteiger charge is 2.38. The van der Waals surface area contributed by atoms with Crippen LogP contribution in [0.15, 0.2) is 35.1 Å². The van der Waals surface area contributed by atoms with Crippen LogP contribution in [0.1, 0.15) is 35.9 Å². The Morgan fingerprint density at radius 3 is 2.96 bits per heavy atom. The fourth-order valence-corrected chi connectivity index (χ4v) is 3.64. The molecule has 0 fully saturated rings. The van der Waals surface area contributed by atoms with Gasteiger partial charge in [0.05, 0.1) is 28.3 Å². The van der Waals surface area contributed by atoms with Crippen molar-refractivity contribution in [2.75, 3.05) is 11.4 Å². The number of fused-ring (bicyclic) bond motifs is 2. The minimum Gasteiger partial charge on any atom is -0.401 e. The third kappa shape index (κ3) is 2.63. The highest BCUT2D eigenvalue weighted by Crippen LogP contribution is 2.38. The van der Waals surface area contributed by atoms with Gasteiger partial charge in [-0.1, -0.05) is 16.7 Å². The Hall–Kier alpha value is -3.01. The Morgan fingerprint density at radius 2 is 2.21 bits per heavy atom. The molecule has 28 heavy (non-hydrogen) atoms. The molecule has 8 nitrogen and oxygen atoms in total. The quantitative estimate of drug-likeness (QED) is 0.562. The van der Waals surface area contributed by atoms with Crippen LogP contribution in [0, 0.1) is 0 Å². The molecule has 0 radical (unpaired) electrons. The summed E-state index contributed by atoms with van der Waals surface area (Å²) in [7, 11) is 0. The number of aromatic amines is 1. The highest BCUT2D eigenvalue weighted by atomic mass is 35.5. The molecule has 4 aromatic rings. The number of rotatable bonds is 3. The summed E-state index contributed by atoms with van der Waals surface area (Å²) in [6.07, 6.45) is 4.01. The van der Waals surface area contributed by atoms with Crippen LogP contribution in [0.5, 0.6) is 0 Å². The van der Waals surface area contributed by atoms with E-state index in [2.05, 4.69) is 25.3 Å². The van der Waals surface area contributed by atoms with Gasteiger partial charge >= 0.3 is 11.9 Å². The van der Waals surface area contributed by atoms with E-state index in [1.807, 2.05) is 6.07 Å². The Morgan fingerprint density at radius 1 is 1.36 bits per heavy atom. The minimum atomic E-state index is -3.22. The monoisotopic (exact) mass is 405 g/mol. The van der Waals surface area contributed by atoms with Gasteiger partial charge in [-0.3, -0.25) is 0 Å². The number of nitrogens with zero attached hydrogens (tertiary/aromatic N) is 6. The zero-order valence-corrected chi connectivity index (χ0v) is 15.4. The lowest BCUT2D eigenvalue weighted by atomic mass is 10.0. The summed E-state index contributed by atoms with van der Waals surface area (Å²) < 4.78 is 34.1. The predicted octanol–water partition coefficient (Wildman–Crippen LogP) is 3.36. The lowest BCUT2D eigenvalue weighted by molar-refractivity contribution is -0.0107. The lowest BCUT2D eigenvalue weighted by Crippen LogP contribution is -2.37. The van der Waals surface area contributed by atoms with Crippen molar-refractivity contribution in [1.82, 2.24) is 29.8 Å². The molecule has 0 aromatic carbocycles. The molecule has 0 spiro atoms. The minimum absolute atomic E-state index is 0.00155. The summed E-state index contributed by atoms with van der Waals surface area (Å²) in [5, 5.41) is 12.5. The van der Waals surface area contributed by atoms with Crippen LogP contribution in [-0.2, 0) is 12.3 Å². The van der Waals surface area contributed by atoms with Crippen LogP contribution in [0.4, 0.5) is 14.8 Å². The Labute approximate surface area is 162 Å². The van der Waals surface area contributed by atoms with Crippen molar-refractivity contribution >= 4 is 23.1 Å². The number of alkyl halides is 2. The van der Waals surface area contributed by atoms with Crippen molar-refractivity contribution in [3.63, 3.8) is 0 Å². The number of imidazole rings is 1. The van der Waals surface area contributed by atoms with Crippen molar-refractivity contribution in [2.45, 2.75) is 25.3 Å². The molecule has 5 rings (SSSR count). The first kappa shape index (κ1) is 17.1. The SMILES string of the molecule is CC(F)(F)c1nnc(N2CCc3[nH]cnc3C2c2cc3c(Cl)cccn3n2)o1. The summed E-state index contributed by atoms with van der Waals surface area (Å²) in [6, 6.07) is 4.92. The zero-order valence-electron chi connectivity index (χ0n) is 14.6. The first-order valence-corrected chi connectivity index (χ1v) is 8.94. The van der Waals surface area contributed by atoms with Crippen molar-refractivity contribution < 1.29 is 13.2 Å². The van der Waals surface area contributed by atoms with Crippen molar-refractivity contribution in [3.05, 3.63) is 58.7 Å². The van der Waals surface area contributed by atoms with Gasteiger partial charge in [-0.05, 0) is 18.2 Å². The molecule has 0 saturated heterocycles. The van der Waals surface area contributed by atoms with E-state index in [0.29, 0.717) is 30.6 Å². The van der Waals surface area contributed by atoms with Gasteiger partial charge in [0.25, 0.3) is 5.89 Å². The molecule has 1 atom stereocenters. The maximum Gasteiger partial charge on any atom is 0.321 e. The molecule has 4 aromatic heterocycles. The number of pyridine rings is 1. The van der Waals surface area contributed by atoms with Crippen LogP contribution in [0.2, 0.25) is 5.02 Å². The summed E-state index contributed by atoms with van der Waals surface area (Å²) >= 11 is 6.27. The highest BCUT2D eigenvalue weighted by molar-refractivity contribution is 6.33. The molecule has 0 amide bonds. The van der Waals surface area contributed by atoms with E-state index in [0.717, 1.165) is 16.9 Å². The first-order chi connectivity index (χ1) is 13.4. The molecule has 0 aliphatic carbocycles. The van der Waals surface area contributed by atoms with Crippen LogP contribution in [0.3, 0.4) is 0 Å². The molecular formula is C17H14ClF2N7O. The van der Waals surface area contributed by atoms with Crippen LogP contribution >= 0.6 is 11.6 Å². The molecule has 1 unspecified atom stereocenters. The average molecular weight is 406 g/mol. The van der Waals surface area contributed by atoms with Crippen LogP contribution in [-0.4, -0.2) is 36.3 Å². The molecule has 1 aliphatic heterocycles. The lowest BCUT2D eigenvalue weighted by Gasteiger charge is -2.32. The fraction of sp³-hybridized carbons (Fsp3) is 0.294. The normalized spacial score (nSPS) is 17.3. The Kier molecular flexibility index (Phi) is 3.66. The van der Waals surface area contributed by atoms with E-state index in [1.165, 1.54) is 0 Å². The smallest absolute Gasteiger partial charge is 0.321 e. The van der Waals surface area contributed by atoms with Crippen LogP contribution < -0.4 is 4.90 Å². The number of aromatic nitrogens is 6. The van der Waals surface area contributed by atoms with Gasteiger partial charge in [0.15, 0.2) is 0 Å². The van der Waals surface area contributed by atoms with Gasteiger partial charge in [-0.25, -0.2) is 9.50 Å². The van der Waals surface area contributed by atoms with E-state index < -0.39 is 17.9 Å². The standard InChI is InChI=1S/C17H14ClF2N7O/c1-17(19,20)15-23-24-16(28-15)26-6-4-10-13(22-8-21-10)14(26)11-7-12-9(18)3-2-5-27(12)25-11/h2-3,5,7-8,14H,4,6H2,1H3,(H,21,22). The third-order valence-corrected chi connectivity index (χ3v) is 5.03. The fourth-order valence-electron chi connectivity index (χ4n) is 3.42. The van der Waals surface area contributed by atoms with Crippen molar-refractivity contribution in [3.8, 4) is 0 Å². The molecule has 144 valence electrons. The van der Waals surface area contributed by atoms with Gasteiger partial charge < -0.3 is 14.3 Å². The number of anilines is 1. The number of H-pyrrole nitrogens is 1. The molecule has 1 N–H and O–H groups in total. The summed E-state index contributed by atoms with van der Waals surface area (Å²) in [6.45, 7) is 1.19. The second-order valence-electron chi connectivity index (χ2n) is 6.65. The second-order valence-corrected chi connectivity index (χ2v) is 7.05. The number of hydrogen-bond donors (Lipinski definition) is 1. The van der Waals surface area contributed by atoms with E-state index in [-0.39, 0.29) is 6.01 Å². The van der Waals surface area contributed by atoms with Gasteiger partial charge in [0.1, 0.15) is 6.04 Å². The molecule has 0 bridgehead atoms. The summed E-state index contributed by atoms with van der Waals surface area (Å²) in [5.41, 5.74) is 3.05. The molecule has 11 heteroatoms. The van der Waals surface area contributed by atoms with Gasteiger partial charge in [-0.15, -0.1) is 5.10 Å². The van der Waals surface area contributed by atoms with Gasteiger partial charge in [0, 0.05) is 31.8 Å². The topological polar surface area (TPSA) is 88.1 Å². The molecule has 0 saturated carbocycles. The second kappa shape index (κ2) is 5.99. The molecular weight excluding hydrogens is 392 g/mol. The third-order valence-electron chi connectivity index (χ3n) is 4.71. The van der Waals surface area contributed by atoms with E-state index in [1.54, 1.807) is 34.1 Å². The van der Waals surface area contributed by atoms with E-state index in [9.17, 15) is 8.78 Å². The van der Waals surface area contributed by atoms with E-state index in [4.69, 9.17) is 16.0 Å². The van der Waals surface area contributed by atoms with Gasteiger partial charge in [-0.2, -0.15) is 13.9 Å². The Bertz CT molecular complexity index is 1160. The first-order valence-electron chi connectivity index (χ1n) is 8.56. The molecule has 1 aliphatic rings. The van der Waals surface area contributed by atoms with Crippen molar-refractivity contribution in [2.24, 2.45) is 0 Å². The summed E-state index contributed by atoms with van der Waals surface area (Å²) in [5.74, 6) is -3.95. The average Bonchev–Trinajstić information content (AvgIpc) is 3.38. The van der Waals surface area contributed by atoms with Crippen LogP contribution in [0.25, 0.3) is 5.52 Å². The Balaban J connectivity index is 1.64. The maximum atomic E-state index is 13.6. The summed E-state index contributed by atoms with van der Waals surface area (Å²) in [4.78, 5) is 9.28. The largest absolute Gasteiger partial charge is 0.401 e. The zero-order chi connectivity index (χ0) is 19.5. The number of hydrogen-bond acceptors (Lipinski definition) is 6. The number of nitrogens with one attached hydrogen (secondary N) is 1. The van der Waals surface area contributed by atoms with Gasteiger partial charge in [0.2, 0.25) is 0 Å². The maximum absolute atomic E-state index is 13.6.